The number of aromatic carboxylic acids is 1. The second-order valence-electron chi connectivity index (χ2n) is 2.85. The molecule has 0 aliphatic rings. The standard InChI is InChI=1S/C9H8FNO4/c10-4-3-6-1-2-8(11(14)15)7(5-6)9(12)13/h1-2,5H,3-4H2,(H,12,13). The van der Waals surface area contributed by atoms with E-state index in [0.29, 0.717) is 5.56 Å². The topological polar surface area (TPSA) is 80.4 Å². The Balaban J connectivity index is 3.21. The number of carbonyl (C=O) groups is 1. The quantitative estimate of drug-likeness (QED) is 0.610. The number of nitrogens with zero attached hydrogens (tertiary/aromatic N) is 1. The molecule has 0 aliphatic carbocycles. The van der Waals surface area contributed by atoms with Crippen LogP contribution in [0.2, 0.25) is 0 Å². The molecule has 1 aromatic carbocycles. The number of benzene rings is 1. The van der Waals surface area contributed by atoms with E-state index in [0.717, 1.165) is 12.1 Å². The van der Waals surface area contributed by atoms with Gasteiger partial charge in [0.2, 0.25) is 0 Å². The van der Waals surface area contributed by atoms with Crippen LogP contribution in [0.5, 0.6) is 0 Å². The number of nitro groups is 1. The SMILES string of the molecule is O=C(O)c1cc(CCF)ccc1[N+](=O)[O-]. The summed E-state index contributed by atoms with van der Waals surface area (Å²) in [6, 6.07) is 3.55. The number of nitro benzene ring substituents is 1. The summed E-state index contributed by atoms with van der Waals surface area (Å²) in [5.74, 6) is -1.39. The van der Waals surface area contributed by atoms with Crippen LogP contribution >= 0.6 is 0 Å². The van der Waals surface area contributed by atoms with Crippen LogP contribution in [0.15, 0.2) is 18.2 Å². The molecule has 6 heteroatoms. The number of rotatable bonds is 4. The molecule has 0 atom stereocenters. The Morgan fingerprint density at radius 3 is 2.67 bits per heavy atom. The minimum atomic E-state index is -1.39. The molecule has 0 aromatic heterocycles. The number of halogens is 1. The third kappa shape index (κ3) is 2.49. The van der Waals surface area contributed by atoms with Crippen LogP contribution in [-0.2, 0) is 6.42 Å². The zero-order valence-electron chi connectivity index (χ0n) is 7.64. The summed E-state index contributed by atoms with van der Waals surface area (Å²) in [7, 11) is 0. The normalized spacial score (nSPS) is 9.93. The van der Waals surface area contributed by atoms with Crippen molar-refractivity contribution in [3.63, 3.8) is 0 Å². The fraction of sp³-hybridized carbons (Fsp3) is 0.222. The largest absolute Gasteiger partial charge is 0.477 e. The number of carboxylic acid groups (broad SMARTS) is 1. The Labute approximate surface area is 84.3 Å². The van der Waals surface area contributed by atoms with Gasteiger partial charge in [0, 0.05) is 12.5 Å². The maximum absolute atomic E-state index is 12.0. The first-order valence-electron chi connectivity index (χ1n) is 4.13. The van der Waals surface area contributed by atoms with Crippen molar-refractivity contribution in [2.75, 3.05) is 6.67 Å². The van der Waals surface area contributed by atoms with Gasteiger partial charge in [-0.15, -0.1) is 0 Å². The molecule has 0 radical (unpaired) electrons. The fourth-order valence-electron chi connectivity index (χ4n) is 1.18. The van der Waals surface area contributed by atoms with Gasteiger partial charge in [-0.05, 0) is 11.6 Å². The van der Waals surface area contributed by atoms with Crippen LogP contribution in [0.3, 0.4) is 0 Å². The Bertz CT molecular complexity index is 405. The van der Waals surface area contributed by atoms with E-state index in [2.05, 4.69) is 0 Å². The van der Waals surface area contributed by atoms with Gasteiger partial charge in [0.1, 0.15) is 5.56 Å². The van der Waals surface area contributed by atoms with Crippen LogP contribution in [0.4, 0.5) is 10.1 Å². The number of hydrogen-bond acceptors (Lipinski definition) is 3. The van der Waals surface area contributed by atoms with Crippen molar-refractivity contribution in [3.8, 4) is 0 Å². The van der Waals surface area contributed by atoms with E-state index in [1.165, 1.54) is 6.07 Å². The van der Waals surface area contributed by atoms with E-state index in [1.807, 2.05) is 0 Å². The summed E-state index contributed by atoms with van der Waals surface area (Å²) in [6.45, 7) is -0.628. The zero-order valence-corrected chi connectivity index (χ0v) is 7.64. The lowest BCUT2D eigenvalue weighted by Gasteiger charge is -2.01. The maximum atomic E-state index is 12.0. The first kappa shape index (κ1) is 11.1. The van der Waals surface area contributed by atoms with Gasteiger partial charge in [0.15, 0.2) is 0 Å². The molecule has 80 valence electrons. The highest BCUT2D eigenvalue weighted by Gasteiger charge is 2.19. The van der Waals surface area contributed by atoms with Crippen molar-refractivity contribution in [1.29, 1.82) is 0 Å². The monoisotopic (exact) mass is 213 g/mol. The number of aryl methyl sites for hydroxylation is 1. The summed E-state index contributed by atoms with van der Waals surface area (Å²) in [5.41, 5.74) is -0.462. The van der Waals surface area contributed by atoms with Gasteiger partial charge in [-0.2, -0.15) is 0 Å². The van der Waals surface area contributed by atoms with E-state index >= 15 is 0 Å². The van der Waals surface area contributed by atoms with E-state index in [-0.39, 0.29) is 6.42 Å². The van der Waals surface area contributed by atoms with Crippen molar-refractivity contribution >= 4 is 11.7 Å². The summed E-state index contributed by atoms with van der Waals surface area (Å²) in [4.78, 5) is 20.4. The maximum Gasteiger partial charge on any atom is 0.342 e. The first-order valence-corrected chi connectivity index (χ1v) is 4.13. The first-order chi connectivity index (χ1) is 7.06. The van der Waals surface area contributed by atoms with Crippen LogP contribution in [-0.4, -0.2) is 22.7 Å². The van der Waals surface area contributed by atoms with E-state index in [1.54, 1.807) is 0 Å². The molecule has 0 fully saturated rings. The smallest absolute Gasteiger partial charge is 0.342 e. The van der Waals surface area contributed by atoms with Gasteiger partial charge in [0.25, 0.3) is 5.69 Å². The molecule has 0 spiro atoms. The average Bonchev–Trinajstić information content (AvgIpc) is 2.17. The summed E-state index contributed by atoms with van der Waals surface area (Å²) >= 11 is 0. The molecule has 0 saturated heterocycles. The van der Waals surface area contributed by atoms with E-state index in [4.69, 9.17) is 5.11 Å². The van der Waals surface area contributed by atoms with Gasteiger partial charge in [-0.3, -0.25) is 14.5 Å². The zero-order chi connectivity index (χ0) is 11.4. The summed E-state index contributed by atoms with van der Waals surface area (Å²) < 4.78 is 12.0. The fourth-order valence-corrected chi connectivity index (χ4v) is 1.18. The minimum absolute atomic E-state index is 0.0538. The molecule has 0 aliphatic heterocycles. The van der Waals surface area contributed by atoms with Crippen molar-refractivity contribution in [2.45, 2.75) is 6.42 Å². The molecule has 1 N–H and O–H groups in total. The lowest BCUT2D eigenvalue weighted by atomic mass is 10.1. The van der Waals surface area contributed by atoms with Gasteiger partial charge in [-0.1, -0.05) is 6.07 Å². The minimum Gasteiger partial charge on any atom is -0.477 e. The number of hydrogen-bond donors (Lipinski definition) is 1. The van der Waals surface area contributed by atoms with Gasteiger partial charge >= 0.3 is 5.97 Å². The Morgan fingerprint density at radius 1 is 1.53 bits per heavy atom. The van der Waals surface area contributed by atoms with Crippen LogP contribution in [0, 0.1) is 10.1 Å². The molecule has 1 aromatic rings. The average molecular weight is 213 g/mol. The summed E-state index contributed by atoms with van der Waals surface area (Å²) in [6.07, 6.45) is 0.0538. The highest BCUT2D eigenvalue weighted by atomic mass is 19.1. The van der Waals surface area contributed by atoms with Crippen molar-refractivity contribution in [1.82, 2.24) is 0 Å². The third-order valence-electron chi connectivity index (χ3n) is 1.87. The van der Waals surface area contributed by atoms with E-state index < -0.39 is 28.8 Å². The second kappa shape index (κ2) is 4.50. The highest BCUT2D eigenvalue weighted by molar-refractivity contribution is 5.92. The predicted octanol–water partition coefficient (Wildman–Crippen LogP) is 1.80. The predicted molar refractivity (Wildman–Crippen MR) is 49.7 cm³/mol. The number of alkyl halides is 1. The molecule has 0 unspecified atom stereocenters. The molecule has 5 nitrogen and oxygen atoms in total. The number of carboxylic acids is 1. The molecule has 0 amide bonds. The molecule has 0 heterocycles. The van der Waals surface area contributed by atoms with E-state index in [9.17, 15) is 19.3 Å². The van der Waals surface area contributed by atoms with Gasteiger partial charge in [-0.25, -0.2) is 4.79 Å². The lowest BCUT2D eigenvalue weighted by Crippen LogP contribution is -2.03. The Kier molecular flexibility index (Phi) is 3.33. The van der Waals surface area contributed by atoms with Crippen LogP contribution < -0.4 is 0 Å². The third-order valence-corrected chi connectivity index (χ3v) is 1.87. The molecule has 1 rings (SSSR count). The molecular formula is C9H8FNO4. The summed E-state index contributed by atoms with van der Waals surface area (Å²) in [5, 5.41) is 19.2. The van der Waals surface area contributed by atoms with Crippen LogP contribution in [0.1, 0.15) is 15.9 Å². The van der Waals surface area contributed by atoms with Crippen LogP contribution in [0.25, 0.3) is 0 Å². The van der Waals surface area contributed by atoms with Crippen molar-refractivity contribution in [3.05, 3.63) is 39.4 Å². The van der Waals surface area contributed by atoms with Gasteiger partial charge < -0.3 is 5.11 Å². The van der Waals surface area contributed by atoms with Crippen molar-refractivity contribution in [2.24, 2.45) is 0 Å². The molecule has 0 bridgehead atoms. The lowest BCUT2D eigenvalue weighted by molar-refractivity contribution is -0.385. The molecule has 15 heavy (non-hydrogen) atoms. The Morgan fingerprint density at radius 2 is 2.20 bits per heavy atom. The van der Waals surface area contributed by atoms with Gasteiger partial charge in [0.05, 0.1) is 11.6 Å². The molecule has 0 saturated carbocycles. The second-order valence-corrected chi connectivity index (χ2v) is 2.85. The highest BCUT2D eigenvalue weighted by Crippen LogP contribution is 2.20. The Hall–Kier alpha value is -1.98. The van der Waals surface area contributed by atoms with Crippen molar-refractivity contribution < 1.29 is 19.2 Å². The molecular weight excluding hydrogens is 205 g/mol.